The highest BCUT2D eigenvalue weighted by Gasteiger charge is 2.22. The molecule has 142 valence electrons. The minimum atomic E-state index is -3.60. The summed E-state index contributed by atoms with van der Waals surface area (Å²) in [4.78, 5) is 12.5. The molecule has 2 aromatic rings. The summed E-state index contributed by atoms with van der Waals surface area (Å²) in [7, 11) is -3.60. The summed E-state index contributed by atoms with van der Waals surface area (Å²) >= 11 is 0. The summed E-state index contributed by atoms with van der Waals surface area (Å²) in [6, 6.07) is 11.8. The number of nitrogens with one attached hydrogen (secondary N) is 1. The lowest BCUT2D eigenvalue weighted by molar-refractivity contribution is 0.0945. The van der Waals surface area contributed by atoms with Crippen molar-refractivity contribution < 1.29 is 17.6 Å². The Labute approximate surface area is 158 Å². The first-order chi connectivity index (χ1) is 12.8. The number of benzene rings is 2. The van der Waals surface area contributed by atoms with E-state index in [-0.39, 0.29) is 10.5 Å². The lowest BCUT2D eigenvalue weighted by Gasteiger charge is -2.18. The molecule has 0 aliphatic rings. The number of carbonyl (C=O) groups excluding carboxylic acids is 1. The van der Waals surface area contributed by atoms with Crippen LogP contribution in [0.5, 0.6) is 0 Å². The molecule has 8 heteroatoms. The van der Waals surface area contributed by atoms with Gasteiger partial charge in [0.2, 0.25) is 10.0 Å². The summed E-state index contributed by atoms with van der Waals surface area (Å²) in [5.41, 5.74) is 0.670. The van der Waals surface area contributed by atoms with Crippen LogP contribution in [0.25, 0.3) is 0 Å². The van der Waals surface area contributed by atoms with Gasteiger partial charge in [-0.25, -0.2) is 12.8 Å². The number of hydrogen-bond acceptors (Lipinski definition) is 4. The smallest absolute Gasteiger partial charge is 0.252 e. The maximum atomic E-state index is 13.0. The second kappa shape index (κ2) is 8.75. The first-order valence-electron chi connectivity index (χ1n) is 8.39. The number of hydrogen-bond donors (Lipinski definition) is 1. The molecule has 0 saturated carbocycles. The van der Waals surface area contributed by atoms with Gasteiger partial charge in [0.1, 0.15) is 11.9 Å². The van der Waals surface area contributed by atoms with Gasteiger partial charge in [0.15, 0.2) is 0 Å². The van der Waals surface area contributed by atoms with E-state index in [1.54, 1.807) is 13.8 Å². The Hall–Kier alpha value is -2.76. The van der Waals surface area contributed by atoms with Crippen molar-refractivity contribution in [3.63, 3.8) is 0 Å². The molecule has 27 heavy (non-hydrogen) atoms. The van der Waals surface area contributed by atoms with E-state index in [1.165, 1.54) is 52.8 Å². The molecule has 0 saturated heterocycles. The number of nitrogens with zero attached hydrogens (tertiary/aromatic N) is 2. The van der Waals surface area contributed by atoms with Crippen LogP contribution < -0.4 is 5.32 Å². The Morgan fingerprint density at radius 3 is 2.15 bits per heavy atom. The molecule has 6 nitrogen and oxygen atoms in total. The van der Waals surface area contributed by atoms with Crippen molar-refractivity contribution in [2.45, 2.75) is 24.8 Å². The van der Waals surface area contributed by atoms with Crippen molar-refractivity contribution in [3.05, 3.63) is 65.5 Å². The zero-order valence-electron chi connectivity index (χ0n) is 15.0. The Morgan fingerprint density at radius 1 is 1.11 bits per heavy atom. The van der Waals surface area contributed by atoms with Gasteiger partial charge in [-0.2, -0.15) is 9.57 Å². The van der Waals surface area contributed by atoms with E-state index in [9.17, 15) is 22.9 Å². The Balaban J connectivity index is 2.18. The van der Waals surface area contributed by atoms with Crippen molar-refractivity contribution in [1.29, 1.82) is 5.26 Å². The molecule has 0 heterocycles. The molecular weight excluding hydrogens is 369 g/mol. The van der Waals surface area contributed by atoms with Crippen molar-refractivity contribution >= 4 is 15.9 Å². The van der Waals surface area contributed by atoms with Crippen LogP contribution in [0.2, 0.25) is 0 Å². The summed E-state index contributed by atoms with van der Waals surface area (Å²) in [6.45, 7) is 4.20. The van der Waals surface area contributed by atoms with E-state index >= 15 is 0 Å². The third-order valence-corrected chi connectivity index (χ3v) is 6.13. The van der Waals surface area contributed by atoms with Crippen LogP contribution in [0.3, 0.4) is 0 Å². The zero-order valence-corrected chi connectivity index (χ0v) is 15.8. The largest absolute Gasteiger partial charge is 0.333 e. The van der Waals surface area contributed by atoms with Gasteiger partial charge in [0, 0.05) is 18.7 Å². The Kier molecular flexibility index (Phi) is 6.66. The number of halogens is 1. The third kappa shape index (κ3) is 4.70. The molecule has 2 aromatic carbocycles. The fraction of sp³-hybridized carbons (Fsp3) is 0.263. The van der Waals surface area contributed by atoms with Gasteiger partial charge in [0.05, 0.1) is 11.0 Å². The first-order valence-corrected chi connectivity index (χ1v) is 9.83. The molecule has 0 spiro atoms. The second-order valence-electron chi connectivity index (χ2n) is 5.70. The molecule has 1 amide bonds. The zero-order chi connectivity index (χ0) is 20.0. The van der Waals surface area contributed by atoms with Gasteiger partial charge in [-0.3, -0.25) is 4.79 Å². The summed E-state index contributed by atoms with van der Waals surface area (Å²) in [6.07, 6.45) is 0. The van der Waals surface area contributed by atoms with E-state index in [4.69, 9.17) is 0 Å². The highest BCUT2D eigenvalue weighted by Crippen LogP contribution is 2.18. The number of carbonyl (C=O) groups is 1. The number of sulfonamides is 1. The van der Waals surface area contributed by atoms with Crippen LogP contribution in [0.4, 0.5) is 4.39 Å². The van der Waals surface area contributed by atoms with E-state index in [0.29, 0.717) is 18.7 Å². The Morgan fingerprint density at radius 2 is 1.67 bits per heavy atom. The van der Waals surface area contributed by atoms with Crippen molar-refractivity contribution in [2.75, 3.05) is 13.1 Å². The Bertz CT molecular complexity index is 932. The summed E-state index contributed by atoms with van der Waals surface area (Å²) in [5.74, 6) is -0.968. The van der Waals surface area contributed by atoms with Crippen LogP contribution in [0.15, 0.2) is 53.4 Å². The van der Waals surface area contributed by atoms with Crippen molar-refractivity contribution in [3.8, 4) is 6.07 Å². The maximum absolute atomic E-state index is 13.0. The monoisotopic (exact) mass is 389 g/mol. The highest BCUT2D eigenvalue weighted by molar-refractivity contribution is 7.89. The quantitative estimate of drug-likeness (QED) is 0.788. The fourth-order valence-corrected chi connectivity index (χ4v) is 4.01. The fourth-order valence-electron chi connectivity index (χ4n) is 2.55. The molecule has 0 fully saturated rings. The molecule has 1 atom stereocenters. The minimum Gasteiger partial charge on any atom is -0.333 e. The first kappa shape index (κ1) is 20.6. The lowest BCUT2D eigenvalue weighted by atomic mass is 10.1. The van der Waals surface area contributed by atoms with Crippen molar-refractivity contribution in [2.24, 2.45) is 0 Å². The summed E-state index contributed by atoms with van der Waals surface area (Å²) < 4.78 is 39.3. The third-order valence-electron chi connectivity index (χ3n) is 4.07. The van der Waals surface area contributed by atoms with Gasteiger partial charge in [-0.15, -0.1) is 0 Å². The van der Waals surface area contributed by atoms with Crippen LogP contribution in [0, 0.1) is 17.1 Å². The predicted octanol–water partition coefficient (Wildman–Crippen LogP) is 2.85. The molecule has 1 N–H and O–H groups in total. The van der Waals surface area contributed by atoms with Gasteiger partial charge >= 0.3 is 0 Å². The lowest BCUT2D eigenvalue weighted by Crippen LogP contribution is -2.31. The maximum Gasteiger partial charge on any atom is 0.252 e. The van der Waals surface area contributed by atoms with E-state index in [0.717, 1.165) is 0 Å². The van der Waals surface area contributed by atoms with Gasteiger partial charge < -0.3 is 5.32 Å². The van der Waals surface area contributed by atoms with Gasteiger partial charge in [-0.1, -0.05) is 26.0 Å². The number of rotatable bonds is 7. The van der Waals surface area contributed by atoms with Gasteiger partial charge in [-0.05, 0) is 42.0 Å². The van der Waals surface area contributed by atoms with Crippen LogP contribution >= 0.6 is 0 Å². The minimum absolute atomic E-state index is 0.0955. The number of nitriles is 1. The molecule has 0 radical (unpaired) electrons. The molecule has 0 aliphatic carbocycles. The molecule has 2 rings (SSSR count). The molecule has 0 aliphatic heterocycles. The molecular formula is C19H20FN3O3S. The SMILES string of the molecule is CCN(CC)S(=O)(=O)c1ccc(C(=O)N[C@@H](C#N)c2ccc(F)cc2)cc1. The van der Waals surface area contributed by atoms with E-state index in [1.807, 2.05) is 6.07 Å². The number of amides is 1. The molecule has 0 bridgehead atoms. The summed E-state index contributed by atoms with van der Waals surface area (Å²) in [5, 5.41) is 11.8. The van der Waals surface area contributed by atoms with Crippen LogP contribution in [0.1, 0.15) is 35.8 Å². The predicted molar refractivity (Wildman–Crippen MR) is 98.8 cm³/mol. The van der Waals surface area contributed by atoms with Gasteiger partial charge in [0.25, 0.3) is 5.91 Å². The standard InChI is InChI=1S/C19H20FN3O3S/c1-3-23(4-2)27(25,26)17-11-7-15(8-12-17)19(24)22-18(13-21)14-5-9-16(20)10-6-14/h5-12,18H,3-4H2,1-2H3,(H,22,24)/t18-/m0/s1. The van der Waals surface area contributed by atoms with Crippen LogP contribution in [-0.4, -0.2) is 31.7 Å². The van der Waals surface area contributed by atoms with E-state index in [2.05, 4.69) is 5.32 Å². The topological polar surface area (TPSA) is 90.3 Å². The highest BCUT2D eigenvalue weighted by atomic mass is 32.2. The van der Waals surface area contributed by atoms with E-state index < -0.39 is 27.8 Å². The molecule has 0 unspecified atom stereocenters. The second-order valence-corrected chi connectivity index (χ2v) is 7.64. The average Bonchev–Trinajstić information content (AvgIpc) is 2.67. The van der Waals surface area contributed by atoms with Crippen LogP contribution in [-0.2, 0) is 10.0 Å². The molecule has 0 aromatic heterocycles. The average molecular weight is 389 g/mol. The van der Waals surface area contributed by atoms with Crippen molar-refractivity contribution in [1.82, 2.24) is 9.62 Å². The normalized spacial score (nSPS) is 12.4.